The first kappa shape index (κ1) is 18.5. The van der Waals surface area contributed by atoms with Crippen LogP contribution >= 0.6 is 0 Å². The Balaban J connectivity index is 2.05. The topological polar surface area (TPSA) is 77.2 Å². The molecule has 1 heterocycles. The van der Waals surface area contributed by atoms with E-state index < -0.39 is 18.7 Å². The van der Waals surface area contributed by atoms with Gasteiger partial charge in [0.1, 0.15) is 5.56 Å². The summed E-state index contributed by atoms with van der Waals surface area (Å²) < 4.78 is 41.6. The van der Waals surface area contributed by atoms with Crippen molar-refractivity contribution in [3.63, 3.8) is 0 Å². The Kier molecular flexibility index (Phi) is 6.42. The molecule has 2 rings (SSSR count). The predicted molar refractivity (Wildman–Crippen MR) is 82.7 cm³/mol. The molecular weight excluding hydrogens is 323 g/mol. The summed E-state index contributed by atoms with van der Waals surface area (Å²) in [4.78, 5) is 16.2. The van der Waals surface area contributed by atoms with Gasteiger partial charge in [-0.05, 0) is 30.9 Å². The van der Waals surface area contributed by atoms with Gasteiger partial charge in [-0.25, -0.2) is 4.98 Å². The molecule has 0 radical (unpaired) electrons. The van der Waals surface area contributed by atoms with Gasteiger partial charge in [-0.2, -0.15) is 13.2 Å². The number of carbonyl (C=O) groups excluding carboxylic acids is 1. The standard InChI is InChI=1S/C16H22F3N3O2/c17-16(18,19)10-24-15-12(7-4-8-21-15)14(23)22-13(9-20)11-5-2-1-3-6-11/h4,7-8,11,13H,1-3,5-6,9-10,20H2,(H,22,23). The summed E-state index contributed by atoms with van der Waals surface area (Å²) in [6.07, 6.45) is 2.16. The van der Waals surface area contributed by atoms with Gasteiger partial charge in [0.25, 0.3) is 5.91 Å². The van der Waals surface area contributed by atoms with Crippen molar-refractivity contribution in [1.29, 1.82) is 0 Å². The number of amides is 1. The Labute approximate surface area is 138 Å². The Morgan fingerprint density at radius 3 is 2.71 bits per heavy atom. The Bertz CT molecular complexity index is 546. The SMILES string of the molecule is NCC(NC(=O)c1cccnc1OCC(F)(F)F)C1CCCCC1. The number of nitrogens with two attached hydrogens (primary N) is 1. The van der Waals surface area contributed by atoms with E-state index in [9.17, 15) is 18.0 Å². The summed E-state index contributed by atoms with van der Waals surface area (Å²) in [5.41, 5.74) is 5.76. The summed E-state index contributed by atoms with van der Waals surface area (Å²) in [5.74, 6) is -0.544. The number of ether oxygens (including phenoxy) is 1. The summed E-state index contributed by atoms with van der Waals surface area (Å²) in [7, 11) is 0. The zero-order valence-electron chi connectivity index (χ0n) is 13.3. The van der Waals surface area contributed by atoms with Gasteiger partial charge in [-0.1, -0.05) is 19.3 Å². The molecule has 8 heteroatoms. The molecule has 1 atom stereocenters. The molecule has 0 saturated heterocycles. The molecule has 0 aliphatic heterocycles. The van der Waals surface area contributed by atoms with Crippen molar-refractivity contribution in [2.45, 2.75) is 44.3 Å². The maximum atomic E-state index is 12.4. The fourth-order valence-electron chi connectivity index (χ4n) is 2.98. The molecule has 1 amide bonds. The number of hydrogen-bond donors (Lipinski definition) is 2. The average molecular weight is 345 g/mol. The molecule has 0 aromatic carbocycles. The summed E-state index contributed by atoms with van der Waals surface area (Å²) in [6, 6.07) is 2.67. The lowest BCUT2D eigenvalue weighted by Gasteiger charge is -2.30. The van der Waals surface area contributed by atoms with Crippen LogP contribution in [0.15, 0.2) is 18.3 Å². The van der Waals surface area contributed by atoms with Crippen LogP contribution in [0.5, 0.6) is 5.88 Å². The van der Waals surface area contributed by atoms with E-state index in [2.05, 4.69) is 15.0 Å². The summed E-state index contributed by atoms with van der Waals surface area (Å²) >= 11 is 0. The second-order valence-electron chi connectivity index (χ2n) is 5.97. The van der Waals surface area contributed by atoms with E-state index in [4.69, 9.17) is 5.73 Å². The fraction of sp³-hybridized carbons (Fsp3) is 0.625. The van der Waals surface area contributed by atoms with Crippen LogP contribution in [0.25, 0.3) is 0 Å². The van der Waals surface area contributed by atoms with Crippen molar-refractivity contribution in [2.75, 3.05) is 13.2 Å². The van der Waals surface area contributed by atoms with Crippen LogP contribution in [0.1, 0.15) is 42.5 Å². The zero-order valence-corrected chi connectivity index (χ0v) is 13.3. The van der Waals surface area contributed by atoms with Crippen LogP contribution in [0.2, 0.25) is 0 Å². The highest BCUT2D eigenvalue weighted by Gasteiger charge is 2.30. The summed E-state index contributed by atoms with van der Waals surface area (Å²) in [5, 5.41) is 2.83. The minimum atomic E-state index is -4.49. The fourth-order valence-corrected chi connectivity index (χ4v) is 2.98. The third-order valence-electron chi connectivity index (χ3n) is 4.18. The number of nitrogens with one attached hydrogen (secondary N) is 1. The number of carbonyl (C=O) groups is 1. The van der Waals surface area contributed by atoms with Crippen molar-refractivity contribution >= 4 is 5.91 Å². The van der Waals surface area contributed by atoms with Gasteiger partial charge >= 0.3 is 6.18 Å². The minimum absolute atomic E-state index is 0.0176. The first-order valence-electron chi connectivity index (χ1n) is 8.06. The highest BCUT2D eigenvalue weighted by Crippen LogP contribution is 2.27. The van der Waals surface area contributed by atoms with Crippen molar-refractivity contribution in [3.05, 3.63) is 23.9 Å². The third kappa shape index (κ3) is 5.36. The van der Waals surface area contributed by atoms with E-state index in [0.29, 0.717) is 5.92 Å². The Morgan fingerprint density at radius 2 is 2.08 bits per heavy atom. The number of aromatic nitrogens is 1. The van der Waals surface area contributed by atoms with Crippen LogP contribution in [0.3, 0.4) is 0 Å². The first-order valence-corrected chi connectivity index (χ1v) is 8.06. The molecule has 24 heavy (non-hydrogen) atoms. The second kappa shape index (κ2) is 8.32. The highest BCUT2D eigenvalue weighted by atomic mass is 19.4. The first-order chi connectivity index (χ1) is 11.4. The van der Waals surface area contributed by atoms with Gasteiger partial charge in [0.15, 0.2) is 6.61 Å². The molecule has 1 fully saturated rings. The van der Waals surface area contributed by atoms with Crippen LogP contribution < -0.4 is 15.8 Å². The van der Waals surface area contributed by atoms with Crippen molar-refractivity contribution in [2.24, 2.45) is 11.7 Å². The monoisotopic (exact) mass is 345 g/mol. The van der Waals surface area contributed by atoms with E-state index in [1.807, 2.05) is 0 Å². The molecule has 1 aliphatic carbocycles. The van der Waals surface area contributed by atoms with Gasteiger partial charge in [0.05, 0.1) is 0 Å². The third-order valence-corrected chi connectivity index (χ3v) is 4.18. The number of nitrogens with zero attached hydrogens (tertiary/aromatic N) is 1. The van der Waals surface area contributed by atoms with Crippen LogP contribution in [-0.2, 0) is 0 Å². The minimum Gasteiger partial charge on any atom is -0.467 e. The number of pyridine rings is 1. The van der Waals surface area contributed by atoms with Gasteiger partial charge in [-0.15, -0.1) is 0 Å². The van der Waals surface area contributed by atoms with E-state index in [1.165, 1.54) is 24.8 Å². The molecule has 5 nitrogen and oxygen atoms in total. The van der Waals surface area contributed by atoms with E-state index in [1.54, 1.807) is 0 Å². The molecule has 1 aliphatic rings. The molecule has 0 spiro atoms. The number of rotatable bonds is 6. The number of halogens is 3. The molecular formula is C16H22F3N3O2. The lowest BCUT2D eigenvalue weighted by Crippen LogP contribution is -2.46. The quantitative estimate of drug-likeness (QED) is 0.831. The van der Waals surface area contributed by atoms with Crippen molar-refractivity contribution in [3.8, 4) is 5.88 Å². The van der Waals surface area contributed by atoms with E-state index in [-0.39, 0.29) is 24.0 Å². The number of alkyl halides is 3. The molecule has 0 bridgehead atoms. The zero-order chi connectivity index (χ0) is 17.6. The van der Waals surface area contributed by atoms with E-state index in [0.717, 1.165) is 25.7 Å². The lowest BCUT2D eigenvalue weighted by molar-refractivity contribution is -0.154. The highest BCUT2D eigenvalue weighted by molar-refractivity contribution is 5.96. The van der Waals surface area contributed by atoms with Crippen LogP contribution in [0.4, 0.5) is 13.2 Å². The van der Waals surface area contributed by atoms with Crippen molar-refractivity contribution < 1.29 is 22.7 Å². The number of hydrogen-bond acceptors (Lipinski definition) is 4. The molecule has 3 N–H and O–H groups in total. The second-order valence-corrected chi connectivity index (χ2v) is 5.97. The molecule has 1 aromatic heterocycles. The summed E-state index contributed by atoms with van der Waals surface area (Å²) in [6.45, 7) is -1.21. The molecule has 1 unspecified atom stereocenters. The van der Waals surface area contributed by atoms with Gasteiger partial charge in [0, 0.05) is 18.8 Å². The lowest BCUT2D eigenvalue weighted by atomic mass is 9.84. The molecule has 1 aromatic rings. The Morgan fingerprint density at radius 1 is 1.38 bits per heavy atom. The average Bonchev–Trinajstić information content (AvgIpc) is 2.58. The van der Waals surface area contributed by atoms with Gasteiger partial charge < -0.3 is 15.8 Å². The maximum Gasteiger partial charge on any atom is 0.422 e. The smallest absolute Gasteiger partial charge is 0.422 e. The maximum absolute atomic E-state index is 12.4. The molecule has 134 valence electrons. The Hall–Kier alpha value is -1.83. The van der Waals surface area contributed by atoms with Gasteiger partial charge in [0.2, 0.25) is 5.88 Å². The van der Waals surface area contributed by atoms with Crippen molar-refractivity contribution in [1.82, 2.24) is 10.3 Å². The molecule has 1 saturated carbocycles. The predicted octanol–water partition coefficient (Wildman–Crippen LogP) is 2.66. The largest absolute Gasteiger partial charge is 0.467 e. The van der Waals surface area contributed by atoms with Crippen LogP contribution in [-0.4, -0.2) is 36.3 Å². The van der Waals surface area contributed by atoms with E-state index >= 15 is 0 Å². The van der Waals surface area contributed by atoms with Crippen LogP contribution in [0, 0.1) is 5.92 Å². The van der Waals surface area contributed by atoms with Gasteiger partial charge in [-0.3, -0.25) is 4.79 Å². The normalized spacial score (nSPS) is 17.3.